The molecule has 0 aliphatic heterocycles. The van der Waals surface area contributed by atoms with Gasteiger partial charge in [-0.05, 0) is 30.7 Å². The lowest BCUT2D eigenvalue weighted by Gasteiger charge is -2.08. The molecule has 0 saturated heterocycles. The van der Waals surface area contributed by atoms with Crippen molar-refractivity contribution in [3.63, 3.8) is 0 Å². The highest BCUT2D eigenvalue weighted by atomic mass is 19.1. The molecule has 2 aromatic rings. The highest BCUT2D eigenvalue weighted by molar-refractivity contribution is 5.63. The van der Waals surface area contributed by atoms with Gasteiger partial charge < -0.3 is 10.5 Å². The van der Waals surface area contributed by atoms with E-state index < -0.39 is 5.82 Å². The minimum absolute atomic E-state index is 0.154. The number of nitrogens with two attached hydrogens (primary N) is 1. The highest BCUT2D eigenvalue weighted by Crippen LogP contribution is 2.25. The lowest BCUT2D eigenvalue weighted by molar-refractivity contribution is 0.321. The van der Waals surface area contributed by atoms with Gasteiger partial charge in [-0.1, -0.05) is 0 Å². The molecule has 1 aromatic heterocycles. The van der Waals surface area contributed by atoms with Crippen molar-refractivity contribution in [3.05, 3.63) is 46.0 Å². The van der Waals surface area contributed by atoms with Gasteiger partial charge in [-0.15, -0.1) is 0 Å². The summed E-state index contributed by atoms with van der Waals surface area (Å²) in [5.41, 5.74) is 6.79. The van der Waals surface area contributed by atoms with Crippen molar-refractivity contribution < 1.29 is 9.13 Å². The maximum atomic E-state index is 13.8. The van der Waals surface area contributed by atoms with E-state index in [0.717, 1.165) is 0 Å². The largest absolute Gasteiger partial charge is 0.491 e. The fourth-order valence-electron chi connectivity index (χ4n) is 1.77. The second-order valence-corrected chi connectivity index (χ2v) is 3.89. The first kappa shape index (κ1) is 13.2. The molecule has 1 heterocycles. The summed E-state index contributed by atoms with van der Waals surface area (Å²) < 4.78 is 18.9. The van der Waals surface area contributed by atoms with Crippen LogP contribution in [0.4, 0.5) is 4.39 Å². The van der Waals surface area contributed by atoms with E-state index in [2.05, 4.69) is 10.2 Å². The van der Waals surface area contributed by atoms with Gasteiger partial charge >= 0.3 is 0 Å². The van der Waals surface area contributed by atoms with Gasteiger partial charge in [0.2, 0.25) is 0 Å². The summed E-state index contributed by atoms with van der Waals surface area (Å²) in [4.78, 5) is 11.2. The van der Waals surface area contributed by atoms with Crippen LogP contribution >= 0.6 is 0 Å². The zero-order valence-corrected chi connectivity index (χ0v) is 10.4. The minimum atomic E-state index is -0.477. The molecule has 0 atom stereocenters. The predicted octanol–water partition coefficient (Wildman–Crippen LogP) is 1.43. The summed E-state index contributed by atoms with van der Waals surface area (Å²) in [6.45, 7) is 2.33. The van der Waals surface area contributed by atoms with E-state index >= 15 is 0 Å². The van der Waals surface area contributed by atoms with E-state index in [0.29, 0.717) is 23.4 Å². The lowest BCUT2D eigenvalue weighted by Crippen LogP contribution is -2.12. The van der Waals surface area contributed by atoms with E-state index in [1.54, 1.807) is 13.0 Å². The molecule has 100 valence electrons. The normalized spacial score (nSPS) is 10.5. The SMILES string of the molecule is CCOc1ccc(-c2n[nH]c(=O)cc2CN)cc1F. The van der Waals surface area contributed by atoms with Crippen molar-refractivity contribution in [3.8, 4) is 17.0 Å². The molecule has 2 rings (SSSR count). The summed E-state index contributed by atoms with van der Waals surface area (Å²) in [6.07, 6.45) is 0. The Morgan fingerprint density at radius 1 is 1.42 bits per heavy atom. The molecular formula is C13H14FN3O2. The Morgan fingerprint density at radius 3 is 2.84 bits per heavy atom. The average molecular weight is 263 g/mol. The number of ether oxygens (including phenoxy) is 1. The van der Waals surface area contributed by atoms with E-state index in [4.69, 9.17) is 10.5 Å². The van der Waals surface area contributed by atoms with Gasteiger partial charge in [0.05, 0.1) is 12.3 Å². The number of nitrogens with zero attached hydrogens (tertiary/aromatic N) is 1. The average Bonchev–Trinajstić information content (AvgIpc) is 2.41. The van der Waals surface area contributed by atoms with Crippen molar-refractivity contribution in [1.29, 1.82) is 0 Å². The monoisotopic (exact) mass is 263 g/mol. The first-order valence-corrected chi connectivity index (χ1v) is 5.87. The van der Waals surface area contributed by atoms with Crippen LogP contribution in [0.25, 0.3) is 11.3 Å². The molecule has 0 aliphatic carbocycles. The van der Waals surface area contributed by atoms with Crippen LogP contribution in [0.3, 0.4) is 0 Å². The molecule has 0 fully saturated rings. The number of aromatic nitrogens is 2. The maximum Gasteiger partial charge on any atom is 0.264 e. The van der Waals surface area contributed by atoms with Crippen molar-refractivity contribution in [2.24, 2.45) is 5.73 Å². The predicted molar refractivity (Wildman–Crippen MR) is 69.3 cm³/mol. The third-order valence-electron chi connectivity index (χ3n) is 2.61. The van der Waals surface area contributed by atoms with Crippen LogP contribution in [-0.4, -0.2) is 16.8 Å². The van der Waals surface area contributed by atoms with E-state index in [1.807, 2.05) is 0 Å². The van der Waals surface area contributed by atoms with Gasteiger partial charge in [0.15, 0.2) is 11.6 Å². The van der Waals surface area contributed by atoms with Crippen LogP contribution in [0.1, 0.15) is 12.5 Å². The standard InChI is InChI=1S/C13H14FN3O2/c1-2-19-11-4-3-8(5-10(11)14)13-9(7-15)6-12(18)16-17-13/h3-6H,2,7,15H2,1H3,(H,16,18). The van der Waals surface area contributed by atoms with E-state index in [9.17, 15) is 9.18 Å². The third kappa shape index (κ3) is 2.79. The molecule has 6 heteroatoms. The van der Waals surface area contributed by atoms with Gasteiger partial charge in [0, 0.05) is 18.2 Å². The fraction of sp³-hybridized carbons (Fsp3) is 0.231. The molecular weight excluding hydrogens is 249 g/mol. The number of H-pyrrole nitrogens is 1. The number of benzene rings is 1. The van der Waals surface area contributed by atoms with Gasteiger partial charge in [-0.3, -0.25) is 4.79 Å². The molecule has 0 bridgehead atoms. The second kappa shape index (κ2) is 5.62. The summed E-state index contributed by atoms with van der Waals surface area (Å²) in [6, 6.07) is 5.87. The highest BCUT2D eigenvalue weighted by Gasteiger charge is 2.10. The Bertz CT molecular complexity index is 640. The number of rotatable bonds is 4. The fourth-order valence-corrected chi connectivity index (χ4v) is 1.77. The Morgan fingerprint density at radius 2 is 2.21 bits per heavy atom. The van der Waals surface area contributed by atoms with E-state index in [1.165, 1.54) is 18.2 Å². The zero-order chi connectivity index (χ0) is 13.8. The summed E-state index contributed by atoms with van der Waals surface area (Å²) in [5.74, 6) is -0.291. The van der Waals surface area contributed by atoms with E-state index in [-0.39, 0.29) is 17.9 Å². The summed E-state index contributed by atoms with van der Waals surface area (Å²) in [7, 11) is 0. The van der Waals surface area contributed by atoms with Gasteiger partial charge in [0.25, 0.3) is 5.56 Å². The van der Waals surface area contributed by atoms with Crippen LogP contribution in [0.15, 0.2) is 29.1 Å². The number of nitrogens with one attached hydrogen (secondary N) is 1. The minimum Gasteiger partial charge on any atom is -0.491 e. The Kier molecular flexibility index (Phi) is 3.91. The van der Waals surface area contributed by atoms with Crippen LogP contribution in [0.5, 0.6) is 5.75 Å². The van der Waals surface area contributed by atoms with Gasteiger partial charge in [0.1, 0.15) is 0 Å². The molecule has 0 radical (unpaired) electrons. The van der Waals surface area contributed by atoms with Crippen molar-refractivity contribution >= 4 is 0 Å². The van der Waals surface area contributed by atoms with Crippen molar-refractivity contribution in [1.82, 2.24) is 10.2 Å². The Balaban J connectivity index is 2.47. The molecule has 0 spiro atoms. The molecule has 0 saturated carbocycles. The van der Waals surface area contributed by atoms with Crippen molar-refractivity contribution in [2.75, 3.05) is 6.61 Å². The quantitative estimate of drug-likeness (QED) is 0.874. The summed E-state index contributed by atoms with van der Waals surface area (Å²) >= 11 is 0. The molecule has 19 heavy (non-hydrogen) atoms. The summed E-state index contributed by atoms with van der Waals surface area (Å²) in [5, 5.41) is 6.23. The Hall–Kier alpha value is -2.21. The molecule has 1 aromatic carbocycles. The van der Waals surface area contributed by atoms with Crippen LogP contribution in [-0.2, 0) is 6.54 Å². The second-order valence-electron chi connectivity index (χ2n) is 3.89. The number of aromatic amines is 1. The zero-order valence-electron chi connectivity index (χ0n) is 10.4. The van der Waals surface area contributed by atoms with Gasteiger partial charge in [-0.2, -0.15) is 5.10 Å². The molecule has 3 N–H and O–H groups in total. The third-order valence-corrected chi connectivity index (χ3v) is 2.61. The molecule has 0 aliphatic rings. The lowest BCUT2D eigenvalue weighted by atomic mass is 10.1. The van der Waals surface area contributed by atoms with Gasteiger partial charge in [-0.25, -0.2) is 9.49 Å². The number of hydrogen-bond acceptors (Lipinski definition) is 4. The van der Waals surface area contributed by atoms with Crippen LogP contribution in [0, 0.1) is 5.82 Å². The van der Waals surface area contributed by atoms with Crippen LogP contribution < -0.4 is 16.0 Å². The molecule has 0 unspecified atom stereocenters. The number of halogens is 1. The number of hydrogen-bond donors (Lipinski definition) is 2. The van der Waals surface area contributed by atoms with Crippen molar-refractivity contribution in [2.45, 2.75) is 13.5 Å². The smallest absolute Gasteiger partial charge is 0.264 e. The molecule has 5 nitrogen and oxygen atoms in total. The topological polar surface area (TPSA) is 81.0 Å². The first-order chi connectivity index (χ1) is 9.15. The maximum absolute atomic E-state index is 13.8. The first-order valence-electron chi connectivity index (χ1n) is 5.87. The van der Waals surface area contributed by atoms with Crippen LogP contribution in [0.2, 0.25) is 0 Å². The Labute approximate surface area is 109 Å². The molecule has 0 amide bonds.